The van der Waals surface area contributed by atoms with E-state index < -0.39 is 10.0 Å². The highest BCUT2D eigenvalue weighted by Gasteiger charge is 2.33. The van der Waals surface area contributed by atoms with Gasteiger partial charge in [-0.25, -0.2) is 8.42 Å². The largest absolute Gasteiger partial charge is 0.341 e. The Balaban J connectivity index is 1.89. The predicted molar refractivity (Wildman–Crippen MR) is 128 cm³/mol. The molecule has 32 heavy (non-hydrogen) atoms. The lowest BCUT2D eigenvalue weighted by molar-refractivity contribution is -0.133. The van der Waals surface area contributed by atoms with Gasteiger partial charge in [0.1, 0.15) is 6.54 Å². The number of nitrogens with zero attached hydrogens (tertiary/aromatic N) is 3. The fraction of sp³-hybridized carbons (Fsp3) is 0.652. The van der Waals surface area contributed by atoms with Gasteiger partial charge in [0.05, 0.1) is 16.3 Å². The molecule has 2 aliphatic rings. The Labute approximate surface area is 196 Å². The molecule has 0 radical (unpaired) electrons. The normalized spacial score (nSPS) is 21.7. The highest BCUT2D eigenvalue weighted by atomic mass is 32.2. The van der Waals surface area contributed by atoms with Crippen molar-refractivity contribution in [2.75, 3.05) is 43.4 Å². The van der Waals surface area contributed by atoms with Gasteiger partial charge in [-0.2, -0.15) is 4.31 Å². The van der Waals surface area contributed by atoms with Crippen molar-refractivity contribution in [3.8, 4) is 0 Å². The van der Waals surface area contributed by atoms with Crippen LogP contribution in [-0.4, -0.2) is 67.9 Å². The SMILES string of the molecule is CCCN(CCC)S(=O)(=O)c1ccc2c(c1)N(CC(=O)N1C[C@@H](C)C[C@H](C)C1)C(=O)CS2. The number of anilines is 1. The fourth-order valence-electron chi connectivity index (χ4n) is 4.62. The summed E-state index contributed by atoms with van der Waals surface area (Å²) in [7, 11) is -3.67. The number of hydrogen-bond acceptors (Lipinski definition) is 5. The molecule has 2 heterocycles. The van der Waals surface area contributed by atoms with Gasteiger partial charge in [-0.15, -0.1) is 11.8 Å². The van der Waals surface area contributed by atoms with Gasteiger partial charge in [-0.05, 0) is 49.3 Å². The second-order valence-corrected chi connectivity index (χ2v) is 12.0. The number of amides is 2. The van der Waals surface area contributed by atoms with Crippen molar-refractivity contribution >= 4 is 39.3 Å². The summed E-state index contributed by atoms with van der Waals surface area (Å²) in [6.45, 7) is 10.4. The number of piperidine rings is 1. The van der Waals surface area contributed by atoms with E-state index >= 15 is 0 Å². The predicted octanol–water partition coefficient (Wildman–Crippen LogP) is 3.44. The van der Waals surface area contributed by atoms with E-state index in [0.717, 1.165) is 24.2 Å². The first-order valence-electron chi connectivity index (χ1n) is 11.5. The minimum absolute atomic E-state index is 0.0526. The molecule has 3 rings (SSSR count). The number of thioether (sulfide) groups is 1. The first kappa shape index (κ1) is 25.1. The van der Waals surface area contributed by atoms with Gasteiger partial charge >= 0.3 is 0 Å². The maximum Gasteiger partial charge on any atom is 0.243 e. The van der Waals surface area contributed by atoms with Crippen LogP contribution in [0.4, 0.5) is 5.69 Å². The van der Waals surface area contributed by atoms with E-state index in [1.165, 1.54) is 21.0 Å². The van der Waals surface area contributed by atoms with Gasteiger partial charge in [-0.3, -0.25) is 9.59 Å². The Kier molecular flexibility index (Phi) is 8.27. The second-order valence-electron chi connectivity index (χ2n) is 9.05. The molecule has 2 aliphatic heterocycles. The summed E-state index contributed by atoms with van der Waals surface area (Å²) in [6, 6.07) is 4.95. The van der Waals surface area contributed by atoms with Crippen molar-refractivity contribution in [1.29, 1.82) is 0 Å². The summed E-state index contributed by atoms with van der Waals surface area (Å²) in [5.74, 6) is 0.866. The highest BCUT2D eigenvalue weighted by Crippen LogP contribution is 2.37. The number of rotatable bonds is 8. The molecule has 0 spiro atoms. The first-order valence-corrected chi connectivity index (χ1v) is 13.9. The van der Waals surface area contributed by atoms with Gasteiger partial charge in [0, 0.05) is 31.1 Å². The van der Waals surface area contributed by atoms with Crippen molar-refractivity contribution in [2.24, 2.45) is 11.8 Å². The van der Waals surface area contributed by atoms with Crippen LogP contribution in [0, 0.1) is 11.8 Å². The molecule has 1 fully saturated rings. The smallest absolute Gasteiger partial charge is 0.243 e. The number of benzene rings is 1. The molecule has 178 valence electrons. The molecule has 7 nitrogen and oxygen atoms in total. The Morgan fingerprint density at radius 2 is 1.75 bits per heavy atom. The minimum Gasteiger partial charge on any atom is -0.341 e. The van der Waals surface area contributed by atoms with Crippen LogP contribution in [0.2, 0.25) is 0 Å². The van der Waals surface area contributed by atoms with Crippen molar-refractivity contribution in [1.82, 2.24) is 9.21 Å². The Bertz CT molecular complexity index is 935. The highest BCUT2D eigenvalue weighted by molar-refractivity contribution is 8.00. The molecule has 1 saturated heterocycles. The number of carbonyl (C=O) groups is 2. The summed E-state index contributed by atoms with van der Waals surface area (Å²) in [5, 5.41) is 0. The number of likely N-dealkylation sites (tertiary alicyclic amines) is 1. The summed E-state index contributed by atoms with van der Waals surface area (Å²) < 4.78 is 28.0. The molecular weight excluding hydrogens is 446 g/mol. The Hall–Kier alpha value is -1.58. The lowest BCUT2D eigenvalue weighted by Gasteiger charge is -2.37. The van der Waals surface area contributed by atoms with Crippen LogP contribution in [0.1, 0.15) is 47.0 Å². The lowest BCUT2D eigenvalue weighted by Crippen LogP contribution is -2.49. The summed E-state index contributed by atoms with van der Waals surface area (Å²) in [4.78, 5) is 30.2. The maximum absolute atomic E-state index is 13.3. The van der Waals surface area contributed by atoms with E-state index in [1.807, 2.05) is 18.7 Å². The molecule has 0 aliphatic carbocycles. The molecule has 2 atom stereocenters. The quantitative estimate of drug-likeness (QED) is 0.568. The van der Waals surface area contributed by atoms with E-state index in [-0.39, 0.29) is 29.0 Å². The lowest BCUT2D eigenvalue weighted by atomic mass is 9.92. The van der Waals surface area contributed by atoms with Crippen LogP contribution in [0.5, 0.6) is 0 Å². The molecule has 0 aromatic heterocycles. The molecular formula is C23H35N3O4S2. The van der Waals surface area contributed by atoms with Crippen LogP contribution in [0.3, 0.4) is 0 Å². The molecule has 0 bridgehead atoms. The standard InChI is InChI=1S/C23H35N3O4S2/c1-5-9-25(10-6-2)32(29,30)19-7-8-21-20(12-19)26(23(28)16-31-21)15-22(27)24-13-17(3)11-18(4)14-24/h7-8,12,17-18H,5-6,9-11,13-16H2,1-4H3/t17-,18-/m0/s1. The zero-order chi connectivity index (χ0) is 23.5. The van der Waals surface area contributed by atoms with Crippen molar-refractivity contribution in [2.45, 2.75) is 56.7 Å². The third-order valence-electron chi connectivity index (χ3n) is 5.97. The Morgan fingerprint density at radius 1 is 1.12 bits per heavy atom. The van der Waals surface area contributed by atoms with Crippen LogP contribution in [-0.2, 0) is 19.6 Å². The number of carbonyl (C=O) groups excluding carboxylic acids is 2. The van der Waals surface area contributed by atoms with Gasteiger partial charge < -0.3 is 9.80 Å². The number of hydrogen-bond donors (Lipinski definition) is 0. The zero-order valence-electron chi connectivity index (χ0n) is 19.5. The molecule has 0 saturated carbocycles. The zero-order valence-corrected chi connectivity index (χ0v) is 21.2. The summed E-state index contributed by atoms with van der Waals surface area (Å²) in [6.07, 6.45) is 2.55. The van der Waals surface area contributed by atoms with Crippen LogP contribution in [0.25, 0.3) is 0 Å². The summed E-state index contributed by atoms with van der Waals surface area (Å²) >= 11 is 1.39. The van der Waals surface area contributed by atoms with Crippen LogP contribution in [0.15, 0.2) is 28.0 Å². The van der Waals surface area contributed by atoms with Gasteiger partial charge in [0.15, 0.2) is 0 Å². The number of fused-ring (bicyclic) bond motifs is 1. The third kappa shape index (κ3) is 5.48. The fourth-order valence-corrected chi connectivity index (χ4v) is 7.18. The first-order chi connectivity index (χ1) is 15.2. The molecule has 1 aromatic carbocycles. The molecule has 0 unspecified atom stereocenters. The molecule has 1 aromatic rings. The van der Waals surface area contributed by atoms with Crippen molar-refractivity contribution in [3.05, 3.63) is 18.2 Å². The average Bonchev–Trinajstić information content (AvgIpc) is 2.74. The van der Waals surface area contributed by atoms with E-state index in [0.29, 0.717) is 43.7 Å². The van der Waals surface area contributed by atoms with Gasteiger partial charge in [0.25, 0.3) is 0 Å². The van der Waals surface area contributed by atoms with Crippen molar-refractivity contribution < 1.29 is 18.0 Å². The molecule has 0 N–H and O–H groups in total. The van der Waals surface area contributed by atoms with Crippen LogP contribution < -0.4 is 4.90 Å². The third-order valence-corrected chi connectivity index (χ3v) is 8.91. The topological polar surface area (TPSA) is 78.0 Å². The minimum atomic E-state index is -3.67. The maximum atomic E-state index is 13.3. The van der Waals surface area contributed by atoms with E-state index in [9.17, 15) is 18.0 Å². The van der Waals surface area contributed by atoms with Crippen molar-refractivity contribution in [3.63, 3.8) is 0 Å². The monoisotopic (exact) mass is 481 g/mol. The molecule has 9 heteroatoms. The van der Waals surface area contributed by atoms with E-state index in [2.05, 4.69) is 13.8 Å². The second kappa shape index (κ2) is 10.6. The van der Waals surface area contributed by atoms with Crippen LogP contribution >= 0.6 is 11.8 Å². The molecule has 2 amide bonds. The average molecular weight is 482 g/mol. The van der Waals surface area contributed by atoms with E-state index in [4.69, 9.17) is 0 Å². The summed E-state index contributed by atoms with van der Waals surface area (Å²) in [5.41, 5.74) is 0.520. The number of sulfonamides is 1. The Morgan fingerprint density at radius 3 is 2.34 bits per heavy atom. The van der Waals surface area contributed by atoms with Gasteiger partial charge in [-0.1, -0.05) is 27.7 Å². The van der Waals surface area contributed by atoms with E-state index in [1.54, 1.807) is 18.2 Å². The van der Waals surface area contributed by atoms with Gasteiger partial charge in [0.2, 0.25) is 21.8 Å².